The number of hydrogen-bond donors (Lipinski definition) is 1. The molecule has 116 valence electrons. The number of oxazole rings is 1. The SMILES string of the molecule is O=C(NCCc1coc(-c2ccccc2)n1)c1ccc(F)cc1. The molecule has 0 aliphatic rings. The molecule has 2 aromatic carbocycles. The number of rotatable bonds is 5. The summed E-state index contributed by atoms with van der Waals surface area (Å²) in [6.07, 6.45) is 2.15. The molecule has 1 heterocycles. The monoisotopic (exact) mass is 310 g/mol. The molecule has 0 spiro atoms. The Kier molecular flexibility index (Phi) is 4.47. The van der Waals surface area contributed by atoms with Gasteiger partial charge in [-0.2, -0.15) is 0 Å². The Morgan fingerprint density at radius 2 is 1.83 bits per heavy atom. The minimum Gasteiger partial charge on any atom is -0.444 e. The summed E-state index contributed by atoms with van der Waals surface area (Å²) in [7, 11) is 0. The van der Waals surface area contributed by atoms with Crippen LogP contribution in [0.5, 0.6) is 0 Å². The maximum Gasteiger partial charge on any atom is 0.251 e. The normalized spacial score (nSPS) is 10.5. The number of nitrogens with zero attached hydrogens (tertiary/aromatic N) is 1. The molecule has 1 amide bonds. The lowest BCUT2D eigenvalue weighted by Gasteiger charge is -2.03. The summed E-state index contributed by atoms with van der Waals surface area (Å²) in [6.45, 7) is 0.428. The molecule has 0 unspecified atom stereocenters. The van der Waals surface area contributed by atoms with Crippen molar-refractivity contribution in [2.75, 3.05) is 6.54 Å². The van der Waals surface area contributed by atoms with Gasteiger partial charge in [0, 0.05) is 24.1 Å². The van der Waals surface area contributed by atoms with Crippen LogP contribution in [-0.4, -0.2) is 17.4 Å². The van der Waals surface area contributed by atoms with Crippen LogP contribution in [0.1, 0.15) is 16.1 Å². The number of hydrogen-bond acceptors (Lipinski definition) is 3. The summed E-state index contributed by atoms with van der Waals surface area (Å²) < 4.78 is 18.3. The lowest BCUT2D eigenvalue weighted by Crippen LogP contribution is -2.25. The minimum atomic E-state index is -0.363. The molecule has 5 heteroatoms. The molecule has 0 bridgehead atoms. The van der Waals surface area contributed by atoms with E-state index >= 15 is 0 Å². The Morgan fingerprint density at radius 1 is 1.09 bits per heavy atom. The van der Waals surface area contributed by atoms with Crippen LogP contribution in [0.25, 0.3) is 11.5 Å². The molecule has 0 saturated carbocycles. The first kappa shape index (κ1) is 15.0. The van der Waals surface area contributed by atoms with Gasteiger partial charge in [0.15, 0.2) is 0 Å². The summed E-state index contributed by atoms with van der Waals surface area (Å²) in [5.74, 6) is -0.0418. The van der Waals surface area contributed by atoms with E-state index in [0.717, 1.165) is 11.3 Å². The number of carbonyl (C=O) groups excluding carboxylic acids is 1. The van der Waals surface area contributed by atoms with Crippen LogP contribution in [0.2, 0.25) is 0 Å². The fourth-order valence-electron chi connectivity index (χ4n) is 2.14. The number of aromatic nitrogens is 1. The predicted molar refractivity (Wildman–Crippen MR) is 84.4 cm³/mol. The van der Waals surface area contributed by atoms with E-state index in [1.54, 1.807) is 6.26 Å². The molecule has 1 aromatic heterocycles. The molecule has 0 atom stereocenters. The fourth-order valence-corrected chi connectivity index (χ4v) is 2.14. The standard InChI is InChI=1S/C18H15FN2O2/c19-15-8-6-13(7-9-15)17(22)20-11-10-16-12-23-18(21-16)14-4-2-1-3-5-14/h1-9,12H,10-11H2,(H,20,22). The van der Waals surface area contributed by atoms with Gasteiger partial charge < -0.3 is 9.73 Å². The van der Waals surface area contributed by atoms with Crippen molar-refractivity contribution in [3.05, 3.63) is 77.9 Å². The quantitative estimate of drug-likeness (QED) is 0.785. The molecular formula is C18H15FN2O2. The Bertz CT molecular complexity index is 782. The Morgan fingerprint density at radius 3 is 2.57 bits per heavy atom. The Hall–Kier alpha value is -2.95. The van der Waals surface area contributed by atoms with E-state index in [0.29, 0.717) is 24.4 Å². The topological polar surface area (TPSA) is 55.1 Å². The van der Waals surface area contributed by atoms with Crippen molar-refractivity contribution in [2.24, 2.45) is 0 Å². The lowest BCUT2D eigenvalue weighted by atomic mass is 10.2. The maximum atomic E-state index is 12.8. The second-order valence-corrected chi connectivity index (χ2v) is 5.02. The van der Waals surface area contributed by atoms with Crippen LogP contribution in [0.3, 0.4) is 0 Å². The van der Waals surface area contributed by atoms with Crippen molar-refractivity contribution in [1.29, 1.82) is 0 Å². The summed E-state index contributed by atoms with van der Waals surface area (Å²) in [6, 6.07) is 15.0. The third kappa shape index (κ3) is 3.83. The Labute approximate surface area is 133 Å². The average Bonchev–Trinajstić information content (AvgIpc) is 3.05. The van der Waals surface area contributed by atoms with Crippen molar-refractivity contribution in [2.45, 2.75) is 6.42 Å². The molecule has 23 heavy (non-hydrogen) atoms. The highest BCUT2D eigenvalue weighted by Gasteiger charge is 2.08. The number of nitrogens with one attached hydrogen (secondary N) is 1. The van der Waals surface area contributed by atoms with Crippen LogP contribution < -0.4 is 5.32 Å². The van der Waals surface area contributed by atoms with Gasteiger partial charge in [0.1, 0.15) is 12.1 Å². The molecule has 4 nitrogen and oxygen atoms in total. The van der Waals surface area contributed by atoms with Crippen molar-refractivity contribution >= 4 is 5.91 Å². The second-order valence-electron chi connectivity index (χ2n) is 5.02. The van der Waals surface area contributed by atoms with Gasteiger partial charge in [-0.25, -0.2) is 9.37 Å². The van der Waals surface area contributed by atoms with Gasteiger partial charge in [0.2, 0.25) is 5.89 Å². The lowest BCUT2D eigenvalue weighted by molar-refractivity contribution is 0.0954. The van der Waals surface area contributed by atoms with Crippen LogP contribution in [0.15, 0.2) is 65.3 Å². The van der Waals surface area contributed by atoms with Gasteiger partial charge in [-0.1, -0.05) is 18.2 Å². The van der Waals surface area contributed by atoms with Gasteiger partial charge in [-0.05, 0) is 36.4 Å². The molecule has 3 rings (SSSR count). The molecule has 1 N–H and O–H groups in total. The van der Waals surface area contributed by atoms with E-state index in [2.05, 4.69) is 10.3 Å². The summed E-state index contributed by atoms with van der Waals surface area (Å²) >= 11 is 0. The smallest absolute Gasteiger partial charge is 0.251 e. The van der Waals surface area contributed by atoms with E-state index in [-0.39, 0.29) is 11.7 Å². The minimum absolute atomic E-state index is 0.239. The molecular weight excluding hydrogens is 295 g/mol. The molecule has 0 aliphatic heterocycles. The number of halogens is 1. The summed E-state index contributed by atoms with van der Waals surface area (Å²) in [4.78, 5) is 16.3. The fraction of sp³-hybridized carbons (Fsp3) is 0.111. The van der Waals surface area contributed by atoms with Crippen LogP contribution in [0, 0.1) is 5.82 Å². The highest BCUT2D eigenvalue weighted by molar-refractivity contribution is 5.94. The van der Waals surface area contributed by atoms with Crippen molar-refractivity contribution in [3.63, 3.8) is 0 Å². The van der Waals surface area contributed by atoms with E-state index < -0.39 is 0 Å². The zero-order chi connectivity index (χ0) is 16.1. The first-order chi connectivity index (χ1) is 11.2. The van der Waals surface area contributed by atoms with Crippen LogP contribution in [0.4, 0.5) is 4.39 Å². The largest absolute Gasteiger partial charge is 0.444 e. The maximum absolute atomic E-state index is 12.8. The summed E-state index contributed by atoms with van der Waals surface area (Å²) in [5.41, 5.74) is 2.11. The third-order valence-electron chi connectivity index (χ3n) is 3.35. The highest BCUT2D eigenvalue weighted by atomic mass is 19.1. The average molecular weight is 310 g/mol. The first-order valence-corrected chi connectivity index (χ1v) is 7.26. The number of benzene rings is 2. The van der Waals surface area contributed by atoms with E-state index in [4.69, 9.17) is 4.42 Å². The second kappa shape index (κ2) is 6.87. The van der Waals surface area contributed by atoms with Gasteiger partial charge >= 0.3 is 0 Å². The molecule has 0 fully saturated rings. The number of carbonyl (C=O) groups is 1. The van der Waals surface area contributed by atoms with Gasteiger partial charge in [-0.15, -0.1) is 0 Å². The molecule has 0 radical (unpaired) electrons. The van der Waals surface area contributed by atoms with Gasteiger partial charge in [0.05, 0.1) is 5.69 Å². The highest BCUT2D eigenvalue weighted by Crippen LogP contribution is 2.17. The molecule has 0 aliphatic carbocycles. The third-order valence-corrected chi connectivity index (χ3v) is 3.35. The first-order valence-electron chi connectivity index (χ1n) is 7.26. The molecule has 0 saturated heterocycles. The van der Waals surface area contributed by atoms with Gasteiger partial charge in [-0.3, -0.25) is 4.79 Å². The summed E-state index contributed by atoms with van der Waals surface area (Å²) in [5, 5.41) is 2.77. The van der Waals surface area contributed by atoms with E-state index in [1.807, 2.05) is 30.3 Å². The van der Waals surface area contributed by atoms with Crippen molar-refractivity contribution < 1.29 is 13.6 Å². The van der Waals surface area contributed by atoms with Crippen molar-refractivity contribution in [1.82, 2.24) is 10.3 Å². The van der Waals surface area contributed by atoms with Gasteiger partial charge in [0.25, 0.3) is 5.91 Å². The predicted octanol–water partition coefficient (Wildman–Crippen LogP) is 3.45. The molecule has 3 aromatic rings. The zero-order valence-electron chi connectivity index (χ0n) is 12.3. The van der Waals surface area contributed by atoms with Crippen molar-refractivity contribution in [3.8, 4) is 11.5 Å². The van der Waals surface area contributed by atoms with Crippen LogP contribution >= 0.6 is 0 Å². The van der Waals surface area contributed by atoms with E-state index in [1.165, 1.54) is 24.3 Å². The van der Waals surface area contributed by atoms with Crippen LogP contribution in [-0.2, 0) is 6.42 Å². The zero-order valence-corrected chi connectivity index (χ0v) is 12.3. The van der Waals surface area contributed by atoms with E-state index in [9.17, 15) is 9.18 Å². The Balaban J connectivity index is 1.54. The number of amides is 1.